The number of benzene rings is 3. The maximum absolute atomic E-state index is 13.5. The zero-order valence-corrected chi connectivity index (χ0v) is 16.4. The Morgan fingerprint density at radius 3 is 2.37 bits per heavy atom. The predicted molar refractivity (Wildman–Crippen MR) is 115 cm³/mol. The van der Waals surface area contributed by atoms with Crippen LogP contribution in [0.15, 0.2) is 66.7 Å². The first-order valence-electron chi connectivity index (χ1n) is 9.78. The third kappa shape index (κ3) is 3.05. The highest BCUT2D eigenvalue weighted by Crippen LogP contribution is 2.36. The van der Waals surface area contributed by atoms with Gasteiger partial charge in [0.25, 0.3) is 11.8 Å². The number of imide groups is 1. The number of anilines is 1. The third-order valence-electron chi connectivity index (χ3n) is 5.22. The SMILES string of the molecule is Cc1cccc(N2C(=O)C(=Cc3ccc4c(c3)OCCO4)c3ccccc3C2=O)c1. The van der Waals surface area contributed by atoms with E-state index in [1.165, 1.54) is 4.90 Å². The van der Waals surface area contributed by atoms with E-state index in [1.807, 2.05) is 61.5 Å². The second-order valence-corrected chi connectivity index (χ2v) is 7.29. The van der Waals surface area contributed by atoms with Crippen molar-refractivity contribution in [2.45, 2.75) is 6.92 Å². The summed E-state index contributed by atoms with van der Waals surface area (Å²) in [4.78, 5) is 27.9. The maximum atomic E-state index is 13.5. The summed E-state index contributed by atoms with van der Waals surface area (Å²) in [5, 5.41) is 0. The van der Waals surface area contributed by atoms with E-state index < -0.39 is 0 Å². The molecule has 0 saturated carbocycles. The number of fused-ring (bicyclic) bond motifs is 2. The highest BCUT2D eigenvalue weighted by molar-refractivity contribution is 6.43. The number of rotatable bonds is 2. The van der Waals surface area contributed by atoms with Crippen molar-refractivity contribution >= 4 is 29.2 Å². The fourth-order valence-electron chi connectivity index (χ4n) is 3.81. The van der Waals surface area contributed by atoms with Crippen LogP contribution in [0.5, 0.6) is 11.5 Å². The van der Waals surface area contributed by atoms with Crippen LogP contribution in [0, 0.1) is 6.92 Å². The Kier molecular flexibility index (Phi) is 4.36. The van der Waals surface area contributed by atoms with Crippen molar-refractivity contribution in [3.63, 3.8) is 0 Å². The van der Waals surface area contributed by atoms with Crippen molar-refractivity contribution in [2.75, 3.05) is 18.1 Å². The second-order valence-electron chi connectivity index (χ2n) is 7.29. The topological polar surface area (TPSA) is 55.8 Å². The van der Waals surface area contributed by atoms with Crippen molar-refractivity contribution in [1.29, 1.82) is 0 Å². The van der Waals surface area contributed by atoms with Crippen LogP contribution in [0.25, 0.3) is 11.6 Å². The van der Waals surface area contributed by atoms with Gasteiger partial charge in [-0.05, 0) is 60.0 Å². The number of nitrogens with zero attached hydrogens (tertiary/aromatic N) is 1. The molecule has 0 atom stereocenters. The minimum absolute atomic E-state index is 0.319. The van der Waals surface area contributed by atoms with Crippen LogP contribution in [0.4, 0.5) is 5.69 Å². The number of amides is 2. The van der Waals surface area contributed by atoms with Crippen molar-refractivity contribution in [3.8, 4) is 11.5 Å². The van der Waals surface area contributed by atoms with E-state index in [9.17, 15) is 9.59 Å². The standard InChI is InChI=1S/C25H19NO4/c1-16-5-4-6-18(13-16)26-24(27)20-8-3-2-7-19(20)21(25(26)28)14-17-9-10-22-23(15-17)30-12-11-29-22/h2-10,13-15H,11-12H2,1H3. The average Bonchev–Trinajstić information content (AvgIpc) is 2.77. The fraction of sp³-hybridized carbons (Fsp3) is 0.120. The predicted octanol–water partition coefficient (Wildman–Crippen LogP) is 4.49. The van der Waals surface area contributed by atoms with Crippen LogP contribution in [-0.2, 0) is 4.79 Å². The van der Waals surface area contributed by atoms with Gasteiger partial charge in [0, 0.05) is 11.1 Å². The number of hydrogen-bond acceptors (Lipinski definition) is 4. The molecule has 2 aliphatic heterocycles. The number of carbonyl (C=O) groups is 2. The second kappa shape index (κ2) is 7.19. The Bertz CT molecular complexity index is 1210. The summed E-state index contributed by atoms with van der Waals surface area (Å²) in [7, 11) is 0. The summed E-state index contributed by atoms with van der Waals surface area (Å²) in [5.74, 6) is 0.675. The molecule has 5 heteroatoms. The lowest BCUT2D eigenvalue weighted by Crippen LogP contribution is -2.41. The zero-order valence-electron chi connectivity index (χ0n) is 16.4. The summed E-state index contributed by atoms with van der Waals surface area (Å²) < 4.78 is 11.2. The van der Waals surface area contributed by atoms with Crippen LogP contribution < -0.4 is 14.4 Å². The zero-order chi connectivity index (χ0) is 20.7. The molecule has 0 spiro atoms. The summed E-state index contributed by atoms with van der Waals surface area (Å²) >= 11 is 0. The average molecular weight is 397 g/mol. The van der Waals surface area contributed by atoms with E-state index >= 15 is 0 Å². The highest BCUT2D eigenvalue weighted by atomic mass is 16.6. The van der Waals surface area contributed by atoms with Gasteiger partial charge in [0.2, 0.25) is 0 Å². The van der Waals surface area contributed by atoms with E-state index in [-0.39, 0.29) is 11.8 Å². The Morgan fingerprint density at radius 1 is 0.800 bits per heavy atom. The van der Waals surface area contributed by atoms with Gasteiger partial charge in [-0.1, -0.05) is 36.4 Å². The highest BCUT2D eigenvalue weighted by Gasteiger charge is 2.35. The molecule has 2 aliphatic rings. The molecule has 3 aromatic rings. The first-order valence-corrected chi connectivity index (χ1v) is 9.78. The van der Waals surface area contributed by atoms with Crippen LogP contribution >= 0.6 is 0 Å². The molecule has 0 aromatic heterocycles. The van der Waals surface area contributed by atoms with Gasteiger partial charge >= 0.3 is 0 Å². The van der Waals surface area contributed by atoms with Crippen LogP contribution in [-0.4, -0.2) is 25.0 Å². The van der Waals surface area contributed by atoms with Crippen molar-refractivity contribution in [3.05, 3.63) is 89.0 Å². The first-order chi connectivity index (χ1) is 14.6. The molecule has 5 rings (SSSR count). The van der Waals surface area contributed by atoms with E-state index in [0.29, 0.717) is 47.1 Å². The number of ether oxygens (including phenoxy) is 2. The van der Waals surface area contributed by atoms with E-state index in [2.05, 4.69) is 0 Å². The summed E-state index contributed by atoms with van der Waals surface area (Å²) in [6, 6.07) is 20.2. The van der Waals surface area contributed by atoms with Gasteiger partial charge in [0.05, 0.1) is 5.69 Å². The molecule has 0 N–H and O–H groups in total. The molecule has 0 saturated heterocycles. The summed E-state index contributed by atoms with van der Waals surface area (Å²) in [5.41, 5.74) is 3.94. The Hall–Kier alpha value is -3.86. The Labute approximate surface area is 174 Å². The molecule has 148 valence electrons. The fourth-order valence-corrected chi connectivity index (χ4v) is 3.81. The quantitative estimate of drug-likeness (QED) is 0.472. The molecule has 0 aliphatic carbocycles. The summed E-state index contributed by atoms with van der Waals surface area (Å²) in [6.07, 6.45) is 1.80. The minimum Gasteiger partial charge on any atom is -0.486 e. The van der Waals surface area contributed by atoms with Crippen molar-refractivity contribution in [1.82, 2.24) is 0 Å². The molecule has 2 heterocycles. The summed E-state index contributed by atoms with van der Waals surface area (Å²) in [6.45, 7) is 2.94. The van der Waals surface area contributed by atoms with Crippen LogP contribution in [0.3, 0.4) is 0 Å². The molecule has 5 nitrogen and oxygen atoms in total. The lowest BCUT2D eigenvalue weighted by Gasteiger charge is -2.29. The molecule has 30 heavy (non-hydrogen) atoms. The van der Waals surface area contributed by atoms with E-state index in [4.69, 9.17) is 9.47 Å². The van der Waals surface area contributed by atoms with Gasteiger partial charge in [-0.25, -0.2) is 4.90 Å². The lowest BCUT2D eigenvalue weighted by atomic mass is 9.91. The van der Waals surface area contributed by atoms with Crippen molar-refractivity contribution < 1.29 is 19.1 Å². The molecule has 0 fully saturated rings. The minimum atomic E-state index is -0.348. The number of aryl methyl sites for hydroxylation is 1. The van der Waals surface area contributed by atoms with E-state index in [0.717, 1.165) is 11.1 Å². The number of carbonyl (C=O) groups excluding carboxylic acids is 2. The molecule has 3 aromatic carbocycles. The molecule has 0 unspecified atom stereocenters. The van der Waals surface area contributed by atoms with Gasteiger partial charge < -0.3 is 9.47 Å². The smallest absolute Gasteiger partial charge is 0.265 e. The van der Waals surface area contributed by atoms with Gasteiger partial charge in [0.15, 0.2) is 11.5 Å². The third-order valence-corrected chi connectivity index (χ3v) is 5.22. The van der Waals surface area contributed by atoms with E-state index in [1.54, 1.807) is 18.2 Å². The van der Waals surface area contributed by atoms with Crippen LogP contribution in [0.2, 0.25) is 0 Å². The first kappa shape index (κ1) is 18.2. The number of hydrogen-bond donors (Lipinski definition) is 0. The monoisotopic (exact) mass is 397 g/mol. The van der Waals surface area contributed by atoms with Gasteiger partial charge in [-0.15, -0.1) is 0 Å². The normalized spacial score (nSPS) is 16.6. The molecular formula is C25H19NO4. The largest absolute Gasteiger partial charge is 0.486 e. The van der Waals surface area contributed by atoms with Crippen molar-refractivity contribution in [2.24, 2.45) is 0 Å². The van der Waals surface area contributed by atoms with Crippen LogP contribution in [0.1, 0.15) is 27.0 Å². The molecule has 0 bridgehead atoms. The van der Waals surface area contributed by atoms with Gasteiger partial charge in [-0.2, -0.15) is 0 Å². The Balaban J connectivity index is 1.65. The molecule has 2 amide bonds. The molecular weight excluding hydrogens is 378 g/mol. The maximum Gasteiger partial charge on any atom is 0.265 e. The lowest BCUT2D eigenvalue weighted by molar-refractivity contribution is -0.112. The van der Waals surface area contributed by atoms with Gasteiger partial charge in [0.1, 0.15) is 13.2 Å². The Morgan fingerprint density at radius 2 is 1.57 bits per heavy atom. The van der Waals surface area contributed by atoms with Gasteiger partial charge in [-0.3, -0.25) is 9.59 Å². The molecule has 0 radical (unpaired) electrons.